The molecule has 1 aromatic carbocycles. The standard InChI is InChI=1S/C16H18N2O3/c19-14-6-2-1-5-13(14)16(15-11-18-8-9-20-15)21-12-4-3-7-17-10-12/h1-7,10,15-16,18-19H,8-9,11H2. The van der Waals surface area contributed by atoms with E-state index in [0.717, 1.165) is 12.1 Å². The summed E-state index contributed by atoms with van der Waals surface area (Å²) in [5.41, 5.74) is 0.718. The zero-order valence-corrected chi connectivity index (χ0v) is 11.6. The van der Waals surface area contributed by atoms with Crippen LogP contribution in [0.25, 0.3) is 0 Å². The number of phenols is 1. The number of pyridine rings is 1. The lowest BCUT2D eigenvalue weighted by Gasteiger charge is -2.31. The van der Waals surface area contributed by atoms with E-state index in [1.807, 2.05) is 24.3 Å². The summed E-state index contributed by atoms with van der Waals surface area (Å²) in [6.07, 6.45) is 2.81. The van der Waals surface area contributed by atoms with Gasteiger partial charge < -0.3 is 19.9 Å². The average Bonchev–Trinajstić information content (AvgIpc) is 2.55. The molecule has 0 spiro atoms. The van der Waals surface area contributed by atoms with Crippen molar-refractivity contribution in [1.29, 1.82) is 0 Å². The van der Waals surface area contributed by atoms with Crippen LogP contribution in [0.5, 0.6) is 11.5 Å². The van der Waals surface area contributed by atoms with Crippen LogP contribution in [0, 0.1) is 0 Å². The van der Waals surface area contributed by atoms with Gasteiger partial charge in [0, 0.05) is 24.8 Å². The molecule has 5 nitrogen and oxygen atoms in total. The Labute approximate surface area is 123 Å². The molecule has 0 bridgehead atoms. The molecular formula is C16H18N2O3. The maximum absolute atomic E-state index is 10.1. The zero-order chi connectivity index (χ0) is 14.5. The van der Waals surface area contributed by atoms with Gasteiger partial charge in [0.2, 0.25) is 0 Å². The fourth-order valence-corrected chi connectivity index (χ4v) is 2.41. The van der Waals surface area contributed by atoms with Crippen molar-refractivity contribution in [3.63, 3.8) is 0 Å². The molecule has 1 saturated heterocycles. The molecule has 5 heteroatoms. The summed E-state index contributed by atoms with van der Waals surface area (Å²) >= 11 is 0. The van der Waals surface area contributed by atoms with Crippen LogP contribution in [0.1, 0.15) is 11.7 Å². The highest BCUT2D eigenvalue weighted by Crippen LogP contribution is 2.32. The molecule has 2 N–H and O–H groups in total. The maximum atomic E-state index is 10.1. The predicted octanol–water partition coefficient (Wildman–Crippen LogP) is 1.90. The van der Waals surface area contributed by atoms with E-state index in [0.29, 0.717) is 18.9 Å². The van der Waals surface area contributed by atoms with Crippen LogP contribution in [-0.4, -0.2) is 35.9 Å². The number of benzene rings is 1. The first-order valence-corrected chi connectivity index (χ1v) is 7.01. The Morgan fingerprint density at radius 2 is 2.19 bits per heavy atom. The van der Waals surface area contributed by atoms with Crippen LogP contribution >= 0.6 is 0 Å². The molecule has 1 aliphatic rings. The van der Waals surface area contributed by atoms with Crippen LogP contribution in [0.4, 0.5) is 0 Å². The number of nitrogens with zero attached hydrogens (tertiary/aromatic N) is 1. The zero-order valence-electron chi connectivity index (χ0n) is 11.6. The van der Waals surface area contributed by atoms with Gasteiger partial charge in [0.25, 0.3) is 0 Å². The fourth-order valence-electron chi connectivity index (χ4n) is 2.41. The van der Waals surface area contributed by atoms with Crippen molar-refractivity contribution in [3.05, 3.63) is 54.4 Å². The van der Waals surface area contributed by atoms with Crippen LogP contribution < -0.4 is 10.1 Å². The Balaban J connectivity index is 1.89. The number of morpholine rings is 1. The lowest BCUT2D eigenvalue weighted by molar-refractivity contribution is -0.0439. The molecule has 0 radical (unpaired) electrons. The van der Waals surface area contributed by atoms with Crippen LogP contribution in [0.2, 0.25) is 0 Å². The lowest BCUT2D eigenvalue weighted by atomic mass is 10.0. The van der Waals surface area contributed by atoms with E-state index < -0.39 is 0 Å². The minimum atomic E-state index is -0.386. The number of para-hydroxylation sites is 1. The van der Waals surface area contributed by atoms with Crippen molar-refractivity contribution in [1.82, 2.24) is 10.3 Å². The number of hydrogen-bond donors (Lipinski definition) is 2. The van der Waals surface area contributed by atoms with Gasteiger partial charge in [-0.15, -0.1) is 0 Å². The van der Waals surface area contributed by atoms with Crippen LogP contribution in [0.3, 0.4) is 0 Å². The van der Waals surface area contributed by atoms with E-state index in [1.54, 1.807) is 24.5 Å². The monoisotopic (exact) mass is 286 g/mol. The summed E-state index contributed by atoms with van der Waals surface area (Å²) in [5.74, 6) is 0.862. The number of nitrogens with one attached hydrogen (secondary N) is 1. The van der Waals surface area contributed by atoms with Gasteiger partial charge in [-0.25, -0.2) is 0 Å². The van der Waals surface area contributed by atoms with Gasteiger partial charge in [-0.1, -0.05) is 18.2 Å². The molecule has 2 aromatic rings. The summed E-state index contributed by atoms with van der Waals surface area (Å²) in [7, 11) is 0. The Kier molecular flexibility index (Phi) is 4.33. The summed E-state index contributed by atoms with van der Waals surface area (Å²) in [6, 6.07) is 10.8. The second-order valence-corrected chi connectivity index (χ2v) is 4.90. The van der Waals surface area contributed by atoms with Crippen molar-refractivity contribution in [2.45, 2.75) is 12.2 Å². The Bertz CT molecular complexity index is 571. The smallest absolute Gasteiger partial charge is 0.155 e. The third-order valence-electron chi connectivity index (χ3n) is 3.43. The number of rotatable bonds is 4. The van der Waals surface area contributed by atoms with Gasteiger partial charge in [-0.2, -0.15) is 0 Å². The lowest BCUT2D eigenvalue weighted by Crippen LogP contribution is -2.43. The third-order valence-corrected chi connectivity index (χ3v) is 3.43. The summed E-state index contributed by atoms with van der Waals surface area (Å²) in [4.78, 5) is 4.06. The molecule has 1 aliphatic heterocycles. The molecule has 21 heavy (non-hydrogen) atoms. The van der Waals surface area contributed by atoms with E-state index in [9.17, 15) is 5.11 Å². The van der Waals surface area contributed by atoms with Gasteiger partial charge in [0.1, 0.15) is 17.6 Å². The van der Waals surface area contributed by atoms with Gasteiger partial charge in [0.05, 0.1) is 12.8 Å². The molecule has 2 atom stereocenters. The van der Waals surface area contributed by atoms with E-state index in [2.05, 4.69) is 10.3 Å². The normalized spacial score (nSPS) is 19.9. The van der Waals surface area contributed by atoms with E-state index in [1.165, 1.54) is 0 Å². The number of hydrogen-bond acceptors (Lipinski definition) is 5. The number of aromatic nitrogens is 1. The molecule has 0 saturated carbocycles. The predicted molar refractivity (Wildman–Crippen MR) is 78.3 cm³/mol. The number of phenolic OH excluding ortho intramolecular Hbond substituents is 1. The minimum Gasteiger partial charge on any atom is -0.508 e. The highest BCUT2D eigenvalue weighted by molar-refractivity contribution is 5.35. The number of aromatic hydroxyl groups is 1. The number of ether oxygens (including phenoxy) is 2. The highest BCUT2D eigenvalue weighted by Gasteiger charge is 2.29. The minimum absolute atomic E-state index is 0.160. The maximum Gasteiger partial charge on any atom is 0.155 e. The topological polar surface area (TPSA) is 63.6 Å². The molecule has 1 aromatic heterocycles. The van der Waals surface area contributed by atoms with Crippen LogP contribution in [-0.2, 0) is 4.74 Å². The third kappa shape index (κ3) is 3.32. The molecule has 2 heterocycles. The molecule has 2 unspecified atom stereocenters. The van der Waals surface area contributed by atoms with Gasteiger partial charge in [0.15, 0.2) is 6.10 Å². The molecule has 1 fully saturated rings. The SMILES string of the molecule is Oc1ccccc1C(Oc1cccnc1)C1CNCCO1. The first-order valence-electron chi connectivity index (χ1n) is 7.01. The average molecular weight is 286 g/mol. The molecule has 3 rings (SSSR count). The van der Waals surface area contributed by atoms with Gasteiger partial charge in [-0.3, -0.25) is 4.98 Å². The fraction of sp³-hybridized carbons (Fsp3) is 0.312. The summed E-state index contributed by atoms with van der Waals surface area (Å²) in [5, 5.41) is 13.4. The van der Waals surface area contributed by atoms with Gasteiger partial charge >= 0.3 is 0 Å². The van der Waals surface area contributed by atoms with E-state index in [-0.39, 0.29) is 18.0 Å². The van der Waals surface area contributed by atoms with E-state index >= 15 is 0 Å². The van der Waals surface area contributed by atoms with Crippen molar-refractivity contribution < 1.29 is 14.6 Å². The largest absolute Gasteiger partial charge is 0.508 e. The molecule has 110 valence electrons. The van der Waals surface area contributed by atoms with Crippen molar-refractivity contribution in [3.8, 4) is 11.5 Å². The first-order chi connectivity index (χ1) is 10.3. The first kappa shape index (κ1) is 13.9. The second-order valence-electron chi connectivity index (χ2n) is 4.90. The molecule has 0 amide bonds. The Morgan fingerprint density at radius 3 is 2.90 bits per heavy atom. The Hall–Kier alpha value is -2.11. The van der Waals surface area contributed by atoms with Crippen molar-refractivity contribution >= 4 is 0 Å². The molecule has 0 aliphatic carbocycles. The van der Waals surface area contributed by atoms with E-state index in [4.69, 9.17) is 9.47 Å². The Morgan fingerprint density at radius 1 is 1.29 bits per heavy atom. The van der Waals surface area contributed by atoms with Crippen molar-refractivity contribution in [2.75, 3.05) is 19.7 Å². The van der Waals surface area contributed by atoms with Crippen LogP contribution in [0.15, 0.2) is 48.8 Å². The second kappa shape index (κ2) is 6.56. The molecular weight excluding hydrogens is 268 g/mol. The quantitative estimate of drug-likeness (QED) is 0.898. The summed E-state index contributed by atoms with van der Waals surface area (Å²) < 4.78 is 11.8. The van der Waals surface area contributed by atoms with Gasteiger partial charge in [-0.05, 0) is 18.2 Å². The summed E-state index contributed by atoms with van der Waals surface area (Å²) in [6.45, 7) is 2.14. The highest BCUT2D eigenvalue weighted by atomic mass is 16.5. The van der Waals surface area contributed by atoms with Crippen molar-refractivity contribution in [2.24, 2.45) is 0 Å².